The molecule has 0 radical (unpaired) electrons. The van der Waals surface area contributed by atoms with Crippen LogP contribution in [-0.2, 0) is 9.59 Å². The Hall–Kier alpha value is -1.52. The maximum absolute atomic E-state index is 10.4. The average Bonchev–Trinajstić information content (AvgIpc) is 1.88. The van der Waals surface area contributed by atoms with Crippen LogP contribution in [0.1, 0.15) is 6.42 Å². The molecule has 5 heteroatoms. The lowest BCUT2D eigenvalue weighted by atomic mass is 10.2. The van der Waals surface area contributed by atoms with E-state index in [1.165, 1.54) is 0 Å². The van der Waals surface area contributed by atoms with Gasteiger partial charge in [-0.15, -0.1) is 0 Å². The molecule has 52 valence electrons. The van der Waals surface area contributed by atoms with Crippen LogP contribution in [0.3, 0.4) is 0 Å². The molecule has 0 saturated heterocycles. The molecule has 0 bridgehead atoms. The number of aliphatic imine (C=N–C) groups is 2. The molecule has 0 atom stereocenters. The summed E-state index contributed by atoms with van der Waals surface area (Å²) in [7, 11) is 0. The van der Waals surface area contributed by atoms with Gasteiger partial charge in [-0.25, -0.2) is 14.8 Å². The minimum absolute atomic E-state index is 0.153. The van der Waals surface area contributed by atoms with Crippen molar-refractivity contribution < 1.29 is 14.7 Å². The van der Waals surface area contributed by atoms with Crippen molar-refractivity contribution >= 4 is 23.9 Å². The number of amides is 1. The summed E-state index contributed by atoms with van der Waals surface area (Å²) in [5.41, 5.74) is -0.153. The molecule has 1 heterocycles. The lowest BCUT2D eigenvalue weighted by Crippen LogP contribution is -2.19. The quantitative estimate of drug-likeness (QED) is 0.531. The van der Waals surface area contributed by atoms with E-state index in [9.17, 15) is 9.59 Å². The zero-order chi connectivity index (χ0) is 7.56. The Morgan fingerprint density at radius 2 is 2.40 bits per heavy atom. The van der Waals surface area contributed by atoms with Crippen molar-refractivity contribution in [3.05, 3.63) is 0 Å². The Morgan fingerprint density at radius 1 is 1.70 bits per heavy atom. The van der Waals surface area contributed by atoms with E-state index in [2.05, 4.69) is 9.98 Å². The number of aliphatic carboxylic acids is 1. The van der Waals surface area contributed by atoms with Gasteiger partial charge in [-0.3, -0.25) is 4.79 Å². The fourth-order valence-electron chi connectivity index (χ4n) is 0.528. The smallest absolute Gasteiger partial charge is 0.350 e. The van der Waals surface area contributed by atoms with Gasteiger partial charge in [-0.2, -0.15) is 0 Å². The van der Waals surface area contributed by atoms with Crippen LogP contribution in [0.25, 0.3) is 0 Å². The molecule has 1 aliphatic heterocycles. The summed E-state index contributed by atoms with van der Waals surface area (Å²) >= 11 is 0. The number of hydrogen-bond donors (Lipinski definition) is 1. The molecule has 0 aliphatic carbocycles. The van der Waals surface area contributed by atoms with Crippen molar-refractivity contribution in [1.82, 2.24) is 0 Å². The highest BCUT2D eigenvalue weighted by atomic mass is 16.4. The molecule has 1 N–H and O–H groups in total. The number of nitrogens with zero attached hydrogens (tertiary/aromatic N) is 2. The Morgan fingerprint density at radius 3 is 2.80 bits per heavy atom. The standard InChI is InChI=1S/C5H4N2O3/c8-4-1-3(5(9)10)6-2-7-4/h2H,1H2,(H,9,10). The largest absolute Gasteiger partial charge is 0.477 e. The molecule has 0 spiro atoms. The van der Waals surface area contributed by atoms with Crippen molar-refractivity contribution in [2.24, 2.45) is 9.98 Å². The minimum Gasteiger partial charge on any atom is -0.477 e. The first kappa shape index (κ1) is 6.60. The third-order valence-corrected chi connectivity index (χ3v) is 0.981. The second-order valence-electron chi connectivity index (χ2n) is 1.70. The molecule has 1 aliphatic rings. The van der Waals surface area contributed by atoms with Gasteiger partial charge in [-0.1, -0.05) is 0 Å². The second kappa shape index (κ2) is 2.38. The second-order valence-corrected chi connectivity index (χ2v) is 1.70. The van der Waals surface area contributed by atoms with Crippen LogP contribution in [0.5, 0.6) is 0 Å². The van der Waals surface area contributed by atoms with Gasteiger partial charge in [0.2, 0.25) is 0 Å². The van der Waals surface area contributed by atoms with Crippen molar-refractivity contribution in [2.45, 2.75) is 6.42 Å². The maximum Gasteiger partial charge on any atom is 0.350 e. The number of hydrogen-bond acceptors (Lipinski definition) is 3. The van der Waals surface area contributed by atoms with E-state index in [0.29, 0.717) is 0 Å². The van der Waals surface area contributed by atoms with E-state index >= 15 is 0 Å². The third-order valence-electron chi connectivity index (χ3n) is 0.981. The van der Waals surface area contributed by atoms with Gasteiger partial charge in [0.25, 0.3) is 5.91 Å². The molecular formula is C5H4N2O3. The van der Waals surface area contributed by atoms with Crippen LogP contribution in [0.4, 0.5) is 0 Å². The predicted octanol–water partition coefficient (Wildman–Crippen LogP) is -0.529. The third kappa shape index (κ3) is 1.25. The van der Waals surface area contributed by atoms with Gasteiger partial charge in [0, 0.05) is 0 Å². The van der Waals surface area contributed by atoms with Crippen molar-refractivity contribution in [2.75, 3.05) is 0 Å². The number of carbonyl (C=O) groups is 2. The average molecular weight is 140 g/mol. The predicted molar refractivity (Wildman–Crippen MR) is 33.2 cm³/mol. The molecule has 0 aromatic rings. The molecule has 0 saturated carbocycles. The topological polar surface area (TPSA) is 79.1 Å². The van der Waals surface area contributed by atoms with E-state index < -0.39 is 11.9 Å². The van der Waals surface area contributed by atoms with Crippen LogP contribution >= 0.6 is 0 Å². The van der Waals surface area contributed by atoms with Crippen LogP contribution in [0, 0.1) is 0 Å². The highest BCUT2D eigenvalue weighted by Gasteiger charge is 2.15. The van der Waals surface area contributed by atoms with E-state index in [4.69, 9.17) is 5.11 Å². The van der Waals surface area contributed by atoms with Crippen LogP contribution in [-0.4, -0.2) is 29.0 Å². The van der Waals surface area contributed by atoms with Gasteiger partial charge >= 0.3 is 5.97 Å². The van der Waals surface area contributed by atoms with Crippen molar-refractivity contribution in [3.8, 4) is 0 Å². The molecular weight excluding hydrogens is 136 g/mol. The zero-order valence-corrected chi connectivity index (χ0v) is 4.94. The van der Waals surface area contributed by atoms with Gasteiger partial charge in [0.1, 0.15) is 12.1 Å². The van der Waals surface area contributed by atoms with E-state index in [1.807, 2.05) is 0 Å². The lowest BCUT2D eigenvalue weighted by Gasteiger charge is -1.98. The van der Waals surface area contributed by atoms with E-state index in [1.54, 1.807) is 0 Å². The summed E-state index contributed by atoms with van der Waals surface area (Å²) < 4.78 is 0. The first-order valence-electron chi connectivity index (χ1n) is 2.55. The summed E-state index contributed by atoms with van der Waals surface area (Å²) in [5, 5.41) is 8.31. The van der Waals surface area contributed by atoms with E-state index in [-0.39, 0.29) is 12.1 Å². The maximum atomic E-state index is 10.4. The molecule has 1 amide bonds. The number of carboxylic acid groups (broad SMARTS) is 1. The monoisotopic (exact) mass is 140 g/mol. The van der Waals surface area contributed by atoms with Gasteiger partial charge in [0.15, 0.2) is 0 Å². The zero-order valence-electron chi connectivity index (χ0n) is 4.94. The van der Waals surface area contributed by atoms with Crippen molar-refractivity contribution in [3.63, 3.8) is 0 Å². The normalized spacial score (nSPS) is 16.8. The first-order chi connectivity index (χ1) is 4.70. The summed E-state index contributed by atoms with van der Waals surface area (Å²) in [6.45, 7) is 0. The van der Waals surface area contributed by atoms with Crippen LogP contribution < -0.4 is 0 Å². The fourth-order valence-corrected chi connectivity index (χ4v) is 0.528. The first-order valence-corrected chi connectivity index (χ1v) is 2.55. The number of rotatable bonds is 1. The molecule has 0 fully saturated rings. The molecule has 1 rings (SSSR count). The number of carboxylic acids is 1. The SMILES string of the molecule is O=C1CC(C(=O)O)=NC=N1. The Labute approximate surface area is 56.1 Å². The lowest BCUT2D eigenvalue weighted by molar-refractivity contribution is -0.130. The highest BCUT2D eigenvalue weighted by molar-refractivity contribution is 6.41. The molecule has 0 unspecified atom stereocenters. The van der Waals surface area contributed by atoms with Gasteiger partial charge in [-0.05, 0) is 0 Å². The van der Waals surface area contributed by atoms with E-state index in [0.717, 1.165) is 6.34 Å². The number of carbonyl (C=O) groups excluding carboxylic acids is 1. The summed E-state index contributed by atoms with van der Waals surface area (Å²) in [6.07, 6.45) is 0.751. The highest BCUT2D eigenvalue weighted by Crippen LogP contribution is 1.95. The minimum atomic E-state index is -1.17. The summed E-state index contributed by atoms with van der Waals surface area (Å²) in [4.78, 5) is 27.2. The molecule has 0 aromatic carbocycles. The Kier molecular flexibility index (Phi) is 1.57. The van der Waals surface area contributed by atoms with Crippen molar-refractivity contribution in [1.29, 1.82) is 0 Å². The van der Waals surface area contributed by atoms with Crippen LogP contribution in [0.15, 0.2) is 9.98 Å². The summed E-state index contributed by atoms with van der Waals surface area (Å²) in [6, 6.07) is 0. The van der Waals surface area contributed by atoms with Crippen LogP contribution in [0.2, 0.25) is 0 Å². The van der Waals surface area contributed by atoms with Gasteiger partial charge in [0.05, 0.1) is 6.42 Å². The Balaban J connectivity index is 2.80. The molecule has 0 aromatic heterocycles. The van der Waals surface area contributed by atoms with Gasteiger partial charge < -0.3 is 5.11 Å². The molecule has 10 heavy (non-hydrogen) atoms. The fraction of sp³-hybridized carbons (Fsp3) is 0.200. The molecule has 5 nitrogen and oxygen atoms in total. The summed E-state index contributed by atoms with van der Waals surface area (Å²) in [5.74, 6) is -1.63. The Bertz CT molecular complexity index is 241.